The van der Waals surface area contributed by atoms with E-state index in [0.717, 1.165) is 64.2 Å². The molecule has 0 atom stereocenters. The highest BCUT2D eigenvalue weighted by atomic mass is 32.2. The van der Waals surface area contributed by atoms with E-state index in [1.165, 1.54) is 37.5 Å². The highest BCUT2D eigenvalue weighted by molar-refractivity contribution is 7.99. The molecule has 9 aromatic carbocycles. The predicted octanol–water partition coefficient (Wildman–Crippen LogP) is 13.7. The van der Waals surface area contributed by atoms with Crippen molar-refractivity contribution < 1.29 is 0 Å². The summed E-state index contributed by atoms with van der Waals surface area (Å²) >= 11 is 1.83. The highest BCUT2D eigenvalue weighted by Gasteiger charge is 2.32. The largest absolute Gasteiger partial charge is 0.353 e. The Morgan fingerprint density at radius 1 is 0.400 bits per heavy atom. The fraction of sp³-hybridized carbons (Fsp3) is 0. The molecule has 6 heteroatoms. The Hall–Kier alpha value is -7.41. The first-order valence-electron chi connectivity index (χ1n) is 20.4. The fourth-order valence-corrected chi connectivity index (χ4v) is 9.75. The summed E-state index contributed by atoms with van der Waals surface area (Å²) in [5.41, 5.74) is 17.3. The lowest BCUT2D eigenvalue weighted by molar-refractivity contribution is 1.25. The first kappa shape index (κ1) is 35.7. The van der Waals surface area contributed by atoms with Gasteiger partial charge in [-0.1, -0.05) is 132 Å². The average molecular weight is 787 g/mol. The van der Waals surface area contributed by atoms with Crippen LogP contribution < -0.4 is 30.9 Å². The maximum Gasteiger partial charge on any atom is 0.198 e. The van der Waals surface area contributed by atoms with Gasteiger partial charge in [-0.05, 0) is 120 Å². The van der Waals surface area contributed by atoms with Gasteiger partial charge in [0.05, 0.1) is 11.4 Å². The number of benzene rings is 9. The molecule has 0 aromatic heterocycles. The minimum atomic E-state index is 0.749. The third-order valence-corrected chi connectivity index (χ3v) is 12.5. The van der Waals surface area contributed by atoms with Crippen molar-refractivity contribution in [2.24, 2.45) is 0 Å². The second kappa shape index (κ2) is 15.4. The van der Waals surface area contributed by atoms with Crippen LogP contribution in [-0.4, -0.2) is 7.28 Å². The lowest BCUT2D eigenvalue weighted by atomic mass is 9.58. The second-order valence-corrected chi connectivity index (χ2v) is 16.2. The molecule has 0 saturated carbocycles. The first-order chi connectivity index (χ1) is 29.8. The van der Waals surface area contributed by atoms with Gasteiger partial charge in [-0.3, -0.25) is 0 Å². The SMILES string of the molecule is B1c2cc(N(c3ccccc3)c3ccccc3)ccc2N(c2ccccc2)c2cc(N(c3ccccc3)c3ccccc3)cc(-c3cccc4c3Nc3ccccc3S4)c21. The number of nitrogens with zero attached hydrogens (tertiary/aromatic N) is 3. The van der Waals surface area contributed by atoms with Crippen LogP contribution in [0.1, 0.15) is 0 Å². The monoisotopic (exact) mass is 786 g/mol. The minimum absolute atomic E-state index is 0.749. The summed E-state index contributed by atoms with van der Waals surface area (Å²) in [5, 5.41) is 3.89. The summed E-state index contributed by atoms with van der Waals surface area (Å²) in [6.07, 6.45) is 0. The molecule has 0 bridgehead atoms. The Labute approximate surface area is 356 Å². The molecule has 0 aliphatic carbocycles. The van der Waals surface area contributed by atoms with E-state index in [1.807, 2.05) is 11.8 Å². The van der Waals surface area contributed by atoms with E-state index < -0.39 is 0 Å². The Morgan fingerprint density at radius 3 is 1.55 bits per heavy atom. The molecular weight excluding hydrogens is 748 g/mol. The molecule has 0 amide bonds. The van der Waals surface area contributed by atoms with Crippen LogP contribution in [0.5, 0.6) is 0 Å². The highest BCUT2D eigenvalue weighted by Crippen LogP contribution is 2.50. The van der Waals surface area contributed by atoms with Crippen LogP contribution >= 0.6 is 11.8 Å². The molecule has 4 nitrogen and oxygen atoms in total. The lowest BCUT2D eigenvalue weighted by Crippen LogP contribution is -2.41. The van der Waals surface area contributed by atoms with E-state index >= 15 is 0 Å². The third-order valence-electron chi connectivity index (χ3n) is 11.4. The van der Waals surface area contributed by atoms with Gasteiger partial charge in [0.2, 0.25) is 0 Å². The van der Waals surface area contributed by atoms with Gasteiger partial charge >= 0.3 is 0 Å². The molecule has 0 spiro atoms. The van der Waals surface area contributed by atoms with Crippen molar-refractivity contribution in [1.82, 2.24) is 0 Å². The smallest absolute Gasteiger partial charge is 0.198 e. The number of hydrogen-bond donors (Lipinski definition) is 1. The lowest BCUT2D eigenvalue weighted by Gasteiger charge is -2.37. The van der Waals surface area contributed by atoms with Crippen LogP contribution in [0.2, 0.25) is 0 Å². The molecule has 2 heterocycles. The van der Waals surface area contributed by atoms with E-state index in [0.29, 0.717) is 0 Å². The summed E-state index contributed by atoms with van der Waals surface area (Å²) in [6.45, 7) is 0. The van der Waals surface area contributed by atoms with E-state index in [9.17, 15) is 0 Å². The number of hydrogen-bond acceptors (Lipinski definition) is 5. The zero-order valence-corrected chi connectivity index (χ0v) is 33.6. The van der Waals surface area contributed by atoms with E-state index in [4.69, 9.17) is 0 Å². The zero-order chi connectivity index (χ0) is 39.8. The van der Waals surface area contributed by atoms with Crippen molar-refractivity contribution in [3.63, 3.8) is 0 Å². The summed E-state index contributed by atoms with van der Waals surface area (Å²) < 4.78 is 0. The number of nitrogens with one attached hydrogen (secondary N) is 1. The Kier molecular flexibility index (Phi) is 9.17. The summed E-state index contributed by atoms with van der Waals surface area (Å²) in [5.74, 6) is 0. The van der Waals surface area contributed by atoms with Crippen molar-refractivity contribution in [3.8, 4) is 11.1 Å². The minimum Gasteiger partial charge on any atom is -0.353 e. The molecule has 1 N–H and O–H groups in total. The van der Waals surface area contributed by atoms with Crippen molar-refractivity contribution in [3.05, 3.63) is 224 Å². The van der Waals surface area contributed by atoms with Gasteiger partial charge in [0.25, 0.3) is 0 Å². The Bertz CT molecular complexity index is 2890. The third kappa shape index (κ3) is 6.48. The molecular formula is C54H39BN4S. The number of anilines is 11. The molecule has 0 saturated heterocycles. The summed E-state index contributed by atoms with van der Waals surface area (Å²) in [4.78, 5) is 9.66. The normalized spacial score (nSPS) is 12.2. The molecule has 11 rings (SSSR count). The Balaban J connectivity index is 1.17. The fourth-order valence-electron chi connectivity index (χ4n) is 8.73. The molecule has 0 radical (unpaired) electrons. The molecule has 2 aliphatic heterocycles. The second-order valence-electron chi connectivity index (χ2n) is 15.1. The van der Waals surface area contributed by atoms with Gasteiger partial charge in [-0.15, -0.1) is 0 Å². The van der Waals surface area contributed by atoms with Crippen molar-refractivity contribution in [2.75, 3.05) is 20.0 Å². The molecule has 0 fully saturated rings. The first-order valence-corrected chi connectivity index (χ1v) is 21.2. The van der Waals surface area contributed by atoms with Gasteiger partial charge < -0.3 is 20.0 Å². The average Bonchev–Trinajstić information content (AvgIpc) is 3.31. The topological polar surface area (TPSA) is 21.8 Å². The van der Waals surface area contributed by atoms with E-state index in [2.05, 4.69) is 244 Å². The predicted molar refractivity (Wildman–Crippen MR) is 256 cm³/mol. The maximum absolute atomic E-state index is 3.89. The van der Waals surface area contributed by atoms with Crippen molar-refractivity contribution in [1.29, 1.82) is 0 Å². The van der Waals surface area contributed by atoms with E-state index in [1.54, 1.807) is 0 Å². The number of para-hydroxylation sites is 7. The number of rotatable bonds is 8. The van der Waals surface area contributed by atoms with Crippen LogP contribution in [0, 0.1) is 0 Å². The standard InChI is InChI=1S/C54H39BN4S/c1-6-19-38(20-7-1)57(39-21-8-2-9-22-39)43-33-34-49-47(36-43)55-53-46(45-29-18-32-52-54(45)56-48-30-16-17-31-51(48)60-52)35-44(37-50(53)59(49)42-27-14-5-15-28-42)58(40-23-10-3-11-24-40)41-25-12-4-13-26-41/h1-37,55-56H. The molecule has 284 valence electrons. The van der Waals surface area contributed by atoms with Crippen molar-refractivity contribution in [2.45, 2.75) is 9.79 Å². The maximum atomic E-state index is 3.89. The number of fused-ring (bicyclic) bond motifs is 4. The van der Waals surface area contributed by atoms with Gasteiger partial charge in [-0.25, -0.2) is 0 Å². The molecule has 0 unspecified atom stereocenters. The van der Waals surface area contributed by atoms with Gasteiger partial charge in [0, 0.05) is 66.5 Å². The van der Waals surface area contributed by atoms with E-state index in [-0.39, 0.29) is 0 Å². The van der Waals surface area contributed by atoms with Gasteiger partial charge in [-0.2, -0.15) is 0 Å². The van der Waals surface area contributed by atoms with Gasteiger partial charge in [0.1, 0.15) is 0 Å². The van der Waals surface area contributed by atoms with Crippen LogP contribution in [-0.2, 0) is 0 Å². The summed E-state index contributed by atoms with van der Waals surface area (Å²) in [6, 6.07) is 80.8. The van der Waals surface area contributed by atoms with Gasteiger partial charge in [0.15, 0.2) is 7.28 Å². The van der Waals surface area contributed by atoms with Crippen molar-refractivity contribution >= 4 is 92.5 Å². The Morgan fingerprint density at radius 2 is 0.933 bits per heavy atom. The zero-order valence-electron chi connectivity index (χ0n) is 32.8. The summed E-state index contributed by atoms with van der Waals surface area (Å²) in [7, 11) is 0.749. The molecule has 2 aliphatic rings. The molecule has 60 heavy (non-hydrogen) atoms. The van der Waals surface area contributed by atoms with Crippen LogP contribution in [0.25, 0.3) is 11.1 Å². The van der Waals surface area contributed by atoms with Crippen LogP contribution in [0.15, 0.2) is 234 Å². The quantitative estimate of drug-likeness (QED) is 0.154. The molecule has 9 aromatic rings. The van der Waals surface area contributed by atoms with Crippen LogP contribution in [0.3, 0.4) is 0 Å². The van der Waals surface area contributed by atoms with Crippen LogP contribution in [0.4, 0.5) is 62.6 Å².